The first-order valence-corrected chi connectivity index (χ1v) is 12.4. The molecule has 8 heteroatoms. The van der Waals surface area contributed by atoms with Crippen LogP contribution in [-0.2, 0) is 10.0 Å². The highest BCUT2D eigenvalue weighted by Crippen LogP contribution is 2.24. The van der Waals surface area contributed by atoms with E-state index in [-0.39, 0.29) is 29.0 Å². The number of imidazole rings is 1. The summed E-state index contributed by atoms with van der Waals surface area (Å²) in [6, 6.07) is 22.6. The molecule has 0 saturated carbocycles. The fraction of sp³-hybridized carbons (Fsp3) is 0.154. The molecule has 1 N–H and O–H groups in total. The first kappa shape index (κ1) is 23.3. The van der Waals surface area contributed by atoms with Crippen molar-refractivity contribution in [2.24, 2.45) is 0 Å². The Kier molecular flexibility index (Phi) is 6.79. The third-order valence-electron chi connectivity index (χ3n) is 5.56. The van der Waals surface area contributed by atoms with Crippen LogP contribution in [0.15, 0.2) is 102 Å². The van der Waals surface area contributed by atoms with Crippen molar-refractivity contribution in [2.75, 3.05) is 10.8 Å². The van der Waals surface area contributed by atoms with Crippen LogP contribution in [-0.4, -0.2) is 30.4 Å². The number of para-hydroxylation sites is 1. The molecule has 1 heterocycles. The summed E-state index contributed by atoms with van der Waals surface area (Å²) >= 11 is 0. The molecule has 3 aromatic carbocycles. The van der Waals surface area contributed by atoms with Crippen LogP contribution in [0.3, 0.4) is 0 Å². The van der Waals surface area contributed by atoms with E-state index in [1.54, 1.807) is 55.8 Å². The van der Waals surface area contributed by atoms with E-state index in [1.165, 1.54) is 16.4 Å². The Balaban J connectivity index is 1.51. The van der Waals surface area contributed by atoms with Crippen LogP contribution in [0.5, 0.6) is 0 Å². The number of hydrogen-bond donors (Lipinski definition) is 1. The summed E-state index contributed by atoms with van der Waals surface area (Å²) in [4.78, 5) is 17.1. The molecule has 0 aliphatic carbocycles. The van der Waals surface area contributed by atoms with E-state index < -0.39 is 10.0 Å². The Morgan fingerprint density at radius 3 is 2.41 bits per heavy atom. The number of amides is 1. The summed E-state index contributed by atoms with van der Waals surface area (Å²) in [5, 5.41) is 2.95. The molecule has 0 aliphatic rings. The summed E-state index contributed by atoms with van der Waals surface area (Å²) in [6.07, 6.45) is 5.29. The van der Waals surface area contributed by atoms with Crippen LogP contribution in [0.25, 0.3) is 5.69 Å². The number of benzene rings is 3. The van der Waals surface area contributed by atoms with Gasteiger partial charge in [0.25, 0.3) is 15.9 Å². The van der Waals surface area contributed by atoms with Gasteiger partial charge in [0.1, 0.15) is 0 Å². The molecule has 1 amide bonds. The SMILES string of the molecule is CCN(c1ccccc1)S(=O)(=O)c1cccc(C(=O)N[C@H](C)c2ccc(-n3ccnc3)cc2)c1. The molecule has 7 nitrogen and oxygen atoms in total. The third kappa shape index (κ3) is 4.87. The minimum Gasteiger partial charge on any atom is -0.346 e. The highest BCUT2D eigenvalue weighted by atomic mass is 32.2. The molecule has 0 radical (unpaired) electrons. The molecule has 0 fully saturated rings. The highest BCUT2D eigenvalue weighted by molar-refractivity contribution is 7.92. The van der Waals surface area contributed by atoms with Crippen LogP contribution >= 0.6 is 0 Å². The number of sulfonamides is 1. The Labute approximate surface area is 199 Å². The number of carbonyl (C=O) groups is 1. The summed E-state index contributed by atoms with van der Waals surface area (Å²) < 4.78 is 29.8. The molecule has 0 aliphatic heterocycles. The average Bonchev–Trinajstić information content (AvgIpc) is 3.40. The van der Waals surface area contributed by atoms with Crippen molar-refractivity contribution in [3.8, 4) is 5.69 Å². The number of nitrogens with zero attached hydrogens (tertiary/aromatic N) is 3. The Hall–Kier alpha value is -3.91. The van der Waals surface area contributed by atoms with Gasteiger partial charge in [-0.2, -0.15) is 0 Å². The summed E-state index contributed by atoms with van der Waals surface area (Å²) in [7, 11) is -3.82. The van der Waals surface area contributed by atoms with Crippen LogP contribution < -0.4 is 9.62 Å². The molecule has 1 aromatic heterocycles. The smallest absolute Gasteiger partial charge is 0.264 e. The zero-order valence-corrected chi connectivity index (χ0v) is 19.8. The van der Waals surface area contributed by atoms with E-state index in [0.717, 1.165) is 11.3 Å². The first-order chi connectivity index (χ1) is 16.4. The van der Waals surface area contributed by atoms with Gasteiger partial charge < -0.3 is 9.88 Å². The van der Waals surface area contributed by atoms with Crippen molar-refractivity contribution >= 4 is 21.6 Å². The zero-order valence-electron chi connectivity index (χ0n) is 19.0. The number of anilines is 1. The van der Waals surface area contributed by atoms with Gasteiger partial charge in [0.15, 0.2) is 0 Å². The summed E-state index contributed by atoms with van der Waals surface area (Å²) in [5.41, 5.74) is 2.76. The number of hydrogen-bond acceptors (Lipinski definition) is 4. The first-order valence-electron chi connectivity index (χ1n) is 11.0. The maximum absolute atomic E-state index is 13.3. The Morgan fingerprint density at radius 1 is 1.03 bits per heavy atom. The topological polar surface area (TPSA) is 84.3 Å². The van der Waals surface area contributed by atoms with Gasteiger partial charge >= 0.3 is 0 Å². The van der Waals surface area contributed by atoms with E-state index in [4.69, 9.17) is 0 Å². The number of aromatic nitrogens is 2. The Morgan fingerprint density at radius 2 is 1.76 bits per heavy atom. The van der Waals surface area contributed by atoms with Crippen molar-refractivity contribution in [2.45, 2.75) is 24.8 Å². The molecule has 4 aromatic rings. The second-order valence-corrected chi connectivity index (χ2v) is 9.65. The summed E-state index contributed by atoms with van der Waals surface area (Å²) in [5.74, 6) is -0.342. The van der Waals surface area contributed by atoms with Crippen LogP contribution in [0.4, 0.5) is 5.69 Å². The van der Waals surface area contributed by atoms with Gasteiger partial charge in [0.2, 0.25) is 0 Å². The average molecular weight is 475 g/mol. The van der Waals surface area contributed by atoms with Gasteiger partial charge in [-0.25, -0.2) is 13.4 Å². The second kappa shape index (κ2) is 9.93. The maximum Gasteiger partial charge on any atom is 0.264 e. The van der Waals surface area contributed by atoms with Gasteiger partial charge in [-0.1, -0.05) is 36.4 Å². The van der Waals surface area contributed by atoms with Crippen molar-refractivity contribution < 1.29 is 13.2 Å². The highest BCUT2D eigenvalue weighted by Gasteiger charge is 2.24. The molecule has 0 bridgehead atoms. The fourth-order valence-electron chi connectivity index (χ4n) is 3.72. The van der Waals surface area contributed by atoms with E-state index in [1.807, 2.05) is 48.0 Å². The Bertz CT molecular complexity index is 1350. The molecule has 174 valence electrons. The minimum absolute atomic E-state index is 0.0724. The molecule has 0 unspecified atom stereocenters. The van der Waals surface area contributed by atoms with Gasteiger partial charge in [0, 0.05) is 30.2 Å². The second-order valence-electron chi connectivity index (χ2n) is 7.79. The molecule has 1 atom stereocenters. The number of rotatable bonds is 8. The van der Waals surface area contributed by atoms with Gasteiger partial charge in [-0.3, -0.25) is 9.10 Å². The zero-order chi connectivity index (χ0) is 24.1. The van der Waals surface area contributed by atoms with E-state index >= 15 is 0 Å². The molecule has 4 rings (SSSR count). The molecule has 0 spiro atoms. The monoisotopic (exact) mass is 474 g/mol. The van der Waals surface area contributed by atoms with Crippen LogP contribution in [0.1, 0.15) is 35.8 Å². The van der Waals surface area contributed by atoms with E-state index in [2.05, 4.69) is 10.3 Å². The maximum atomic E-state index is 13.3. The lowest BCUT2D eigenvalue weighted by Crippen LogP contribution is -2.31. The lowest BCUT2D eigenvalue weighted by molar-refractivity contribution is 0.0939. The van der Waals surface area contributed by atoms with Gasteiger partial charge in [0.05, 0.1) is 23.0 Å². The lowest BCUT2D eigenvalue weighted by atomic mass is 10.1. The largest absolute Gasteiger partial charge is 0.346 e. The van der Waals surface area contributed by atoms with Crippen molar-refractivity contribution in [1.29, 1.82) is 0 Å². The van der Waals surface area contributed by atoms with Gasteiger partial charge in [-0.05, 0) is 61.9 Å². The number of nitrogens with one attached hydrogen (secondary N) is 1. The predicted molar refractivity (Wildman–Crippen MR) is 133 cm³/mol. The van der Waals surface area contributed by atoms with Crippen molar-refractivity contribution in [1.82, 2.24) is 14.9 Å². The van der Waals surface area contributed by atoms with Crippen molar-refractivity contribution in [3.05, 3.63) is 109 Å². The molecule has 0 saturated heterocycles. The standard InChI is InChI=1S/C26H26N4O3S/c1-3-30(24-9-5-4-6-10-24)34(32,33)25-11-7-8-22(18-25)26(31)28-20(2)21-12-14-23(15-13-21)29-17-16-27-19-29/h4-20H,3H2,1-2H3,(H,28,31)/t20-/m1/s1. The lowest BCUT2D eigenvalue weighted by Gasteiger charge is -2.23. The predicted octanol–water partition coefficient (Wildman–Crippen LogP) is 4.58. The minimum atomic E-state index is -3.82. The number of carbonyl (C=O) groups excluding carboxylic acids is 1. The van der Waals surface area contributed by atoms with E-state index in [0.29, 0.717) is 5.69 Å². The van der Waals surface area contributed by atoms with Crippen molar-refractivity contribution in [3.63, 3.8) is 0 Å². The van der Waals surface area contributed by atoms with Crippen LogP contribution in [0.2, 0.25) is 0 Å². The molecule has 34 heavy (non-hydrogen) atoms. The molecular weight excluding hydrogens is 448 g/mol. The van der Waals surface area contributed by atoms with Crippen LogP contribution in [0, 0.1) is 0 Å². The van der Waals surface area contributed by atoms with Gasteiger partial charge in [-0.15, -0.1) is 0 Å². The normalized spacial score (nSPS) is 12.2. The third-order valence-corrected chi connectivity index (χ3v) is 7.46. The fourth-order valence-corrected chi connectivity index (χ4v) is 5.24. The quantitative estimate of drug-likeness (QED) is 0.405. The summed E-state index contributed by atoms with van der Waals surface area (Å²) in [6.45, 7) is 3.94. The van der Waals surface area contributed by atoms with E-state index in [9.17, 15) is 13.2 Å². The molecular formula is C26H26N4O3S.